The van der Waals surface area contributed by atoms with Crippen LogP contribution in [0.2, 0.25) is 0 Å². The summed E-state index contributed by atoms with van der Waals surface area (Å²) in [5.74, 6) is 1.28. The van der Waals surface area contributed by atoms with Gasteiger partial charge in [0.05, 0.1) is 16.8 Å². The van der Waals surface area contributed by atoms with Crippen LogP contribution in [-0.2, 0) is 11.4 Å². The van der Waals surface area contributed by atoms with Crippen LogP contribution in [-0.4, -0.2) is 52.9 Å². The standard InChI is InChI=1S/C22H29N3O4/c1-15-18(16(2)29-23-15)14-28-19-9-7-6-8-17(19)20(26)24-10-12-25(13-11-24)21(27)22(3,4)5/h6-9H,10-14H2,1-5H3. The van der Waals surface area contributed by atoms with Gasteiger partial charge in [-0.25, -0.2) is 0 Å². The van der Waals surface area contributed by atoms with E-state index in [9.17, 15) is 9.59 Å². The molecular weight excluding hydrogens is 370 g/mol. The van der Waals surface area contributed by atoms with Gasteiger partial charge in [-0.15, -0.1) is 0 Å². The van der Waals surface area contributed by atoms with E-state index in [1.807, 2.05) is 51.7 Å². The molecule has 0 N–H and O–H groups in total. The normalized spacial score (nSPS) is 14.8. The van der Waals surface area contributed by atoms with E-state index in [4.69, 9.17) is 9.26 Å². The molecule has 0 spiro atoms. The van der Waals surface area contributed by atoms with Gasteiger partial charge >= 0.3 is 0 Å². The zero-order valence-electron chi connectivity index (χ0n) is 17.8. The lowest BCUT2D eigenvalue weighted by Gasteiger charge is -2.37. The van der Waals surface area contributed by atoms with E-state index in [0.717, 1.165) is 11.3 Å². The second-order valence-electron chi connectivity index (χ2n) is 8.42. The first-order chi connectivity index (χ1) is 13.7. The summed E-state index contributed by atoms with van der Waals surface area (Å²) in [6, 6.07) is 7.25. The van der Waals surface area contributed by atoms with Crippen molar-refractivity contribution in [1.82, 2.24) is 15.0 Å². The molecule has 156 valence electrons. The van der Waals surface area contributed by atoms with Crippen molar-refractivity contribution in [3.8, 4) is 5.75 Å². The zero-order chi connectivity index (χ0) is 21.2. The van der Waals surface area contributed by atoms with Crippen LogP contribution >= 0.6 is 0 Å². The molecule has 2 aromatic rings. The second kappa shape index (κ2) is 8.27. The summed E-state index contributed by atoms with van der Waals surface area (Å²) in [4.78, 5) is 29.2. The molecule has 0 atom stereocenters. The Morgan fingerprint density at radius 1 is 1.07 bits per heavy atom. The third kappa shape index (κ3) is 4.60. The van der Waals surface area contributed by atoms with Crippen molar-refractivity contribution < 1.29 is 18.8 Å². The lowest BCUT2D eigenvalue weighted by Crippen LogP contribution is -2.53. The van der Waals surface area contributed by atoms with Crippen LogP contribution in [0, 0.1) is 19.3 Å². The van der Waals surface area contributed by atoms with Crippen LogP contribution in [0.5, 0.6) is 5.75 Å². The molecule has 1 aliphatic rings. The maximum Gasteiger partial charge on any atom is 0.257 e. The molecule has 1 fully saturated rings. The van der Waals surface area contributed by atoms with Crippen LogP contribution in [0.4, 0.5) is 0 Å². The number of benzene rings is 1. The Balaban J connectivity index is 1.67. The predicted octanol–water partition coefficient (Wildman–Crippen LogP) is 3.20. The first kappa shape index (κ1) is 20.9. The van der Waals surface area contributed by atoms with E-state index in [1.165, 1.54) is 0 Å². The minimum atomic E-state index is -0.412. The Kier molecular flexibility index (Phi) is 5.96. The maximum absolute atomic E-state index is 13.1. The first-order valence-electron chi connectivity index (χ1n) is 9.90. The number of carbonyl (C=O) groups excluding carboxylic acids is 2. The van der Waals surface area contributed by atoms with Gasteiger partial charge in [0.1, 0.15) is 18.1 Å². The number of piperazine rings is 1. The monoisotopic (exact) mass is 399 g/mol. The summed E-state index contributed by atoms with van der Waals surface area (Å²) in [5, 5.41) is 3.94. The fourth-order valence-electron chi connectivity index (χ4n) is 3.38. The third-order valence-corrected chi connectivity index (χ3v) is 5.17. The number of carbonyl (C=O) groups is 2. The van der Waals surface area contributed by atoms with E-state index in [1.54, 1.807) is 17.0 Å². The molecule has 0 aliphatic carbocycles. The van der Waals surface area contributed by atoms with Gasteiger partial charge < -0.3 is 19.1 Å². The SMILES string of the molecule is Cc1noc(C)c1COc1ccccc1C(=O)N1CCN(C(=O)C(C)(C)C)CC1. The second-order valence-corrected chi connectivity index (χ2v) is 8.42. The number of amides is 2. The lowest BCUT2D eigenvalue weighted by molar-refractivity contribution is -0.140. The largest absolute Gasteiger partial charge is 0.488 e. The molecule has 7 heteroatoms. The minimum absolute atomic E-state index is 0.0813. The number of hydrogen-bond acceptors (Lipinski definition) is 5. The van der Waals surface area contributed by atoms with Gasteiger partial charge in [-0.2, -0.15) is 0 Å². The average Bonchev–Trinajstić information content (AvgIpc) is 3.02. The van der Waals surface area contributed by atoms with Crippen molar-refractivity contribution in [3.63, 3.8) is 0 Å². The first-order valence-corrected chi connectivity index (χ1v) is 9.90. The van der Waals surface area contributed by atoms with Gasteiger partial charge in [0.15, 0.2) is 0 Å². The van der Waals surface area contributed by atoms with Gasteiger partial charge in [0, 0.05) is 31.6 Å². The van der Waals surface area contributed by atoms with Crippen LogP contribution in [0.3, 0.4) is 0 Å². The highest BCUT2D eigenvalue weighted by atomic mass is 16.5. The highest BCUT2D eigenvalue weighted by molar-refractivity contribution is 5.97. The molecule has 29 heavy (non-hydrogen) atoms. The summed E-state index contributed by atoms with van der Waals surface area (Å²) in [5.41, 5.74) is 1.78. The van der Waals surface area contributed by atoms with Crippen LogP contribution < -0.4 is 4.74 Å². The molecule has 0 radical (unpaired) electrons. The smallest absolute Gasteiger partial charge is 0.257 e. The van der Waals surface area contributed by atoms with E-state index in [2.05, 4.69) is 5.16 Å². The number of nitrogens with zero attached hydrogens (tertiary/aromatic N) is 3. The van der Waals surface area contributed by atoms with Crippen LogP contribution in [0.15, 0.2) is 28.8 Å². The number of aromatic nitrogens is 1. The van der Waals surface area contributed by atoms with E-state index >= 15 is 0 Å². The number of aryl methyl sites for hydroxylation is 2. The summed E-state index contributed by atoms with van der Waals surface area (Å²) in [6.07, 6.45) is 0. The summed E-state index contributed by atoms with van der Waals surface area (Å²) < 4.78 is 11.1. The minimum Gasteiger partial charge on any atom is -0.488 e. The Labute approximate surface area is 171 Å². The molecule has 0 unspecified atom stereocenters. The van der Waals surface area contributed by atoms with E-state index in [0.29, 0.717) is 49.9 Å². The fraction of sp³-hybridized carbons (Fsp3) is 0.500. The van der Waals surface area contributed by atoms with Crippen LogP contribution in [0.25, 0.3) is 0 Å². The Bertz CT molecular complexity index is 870. The molecule has 1 aliphatic heterocycles. The molecule has 1 aromatic carbocycles. The molecule has 2 heterocycles. The number of ether oxygens (including phenoxy) is 1. The van der Waals surface area contributed by atoms with Crippen molar-refractivity contribution in [2.45, 2.75) is 41.2 Å². The van der Waals surface area contributed by atoms with Gasteiger partial charge in [-0.3, -0.25) is 9.59 Å². The fourth-order valence-corrected chi connectivity index (χ4v) is 3.38. The summed E-state index contributed by atoms with van der Waals surface area (Å²) in [7, 11) is 0. The number of para-hydroxylation sites is 1. The molecule has 0 bridgehead atoms. The van der Waals surface area contributed by atoms with E-state index < -0.39 is 5.41 Å². The molecule has 7 nitrogen and oxygen atoms in total. The Morgan fingerprint density at radius 2 is 1.69 bits per heavy atom. The predicted molar refractivity (Wildman–Crippen MR) is 109 cm³/mol. The Morgan fingerprint density at radius 3 is 2.28 bits per heavy atom. The topological polar surface area (TPSA) is 75.9 Å². The van der Waals surface area contributed by atoms with Gasteiger partial charge in [-0.1, -0.05) is 38.1 Å². The van der Waals surface area contributed by atoms with Crippen molar-refractivity contribution in [2.24, 2.45) is 5.41 Å². The lowest BCUT2D eigenvalue weighted by atomic mass is 9.94. The van der Waals surface area contributed by atoms with Gasteiger partial charge in [0.25, 0.3) is 5.91 Å². The quantitative estimate of drug-likeness (QED) is 0.789. The molecule has 3 rings (SSSR count). The van der Waals surface area contributed by atoms with E-state index in [-0.39, 0.29) is 11.8 Å². The molecule has 1 aromatic heterocycles. The third-order valence-electron chi connectivity index (χ3n) is 5.17. The van der Waals surface area contributed by atoms with Gasteiger partial charge in [0.2, 0.25) is 5.91 Å². The highest BCUT2D eigenvalue weighted by Gasteiger charge is 2.31. The molecule has 2 amide bonds. The summed E-state index contributed by atoms with van der Waals surface area (Å²) >= 11 is 0. The van der Waals surface area contributed by atoms with Gasteiger partial charge in [-0.05, 0) is 26.0 Å². The maximum atomic E-state index is 13.1. The molecular formula is C22H29N3O4. The average molecular weight is 399 g/mol. The number of rotatable bonds is 4. The Hall–Kier alpha value is -2.83. The van der Waals surface area contributed by atoms with Crippen molar-refractivity contribution in [3.05, 3.63) is 46.8 Å². The van der Waals surface area contributed by atoms with Crippen molar-refractivity contribution in [1.29, 1.82) is 0 Å². The zero-order valence-corrected chi connectivity index (χ0v) is 17.8. The number of hydrogen-bond donors (Lipinski definition) is 0. The molecule has 0 saturated carbocycles. The molecule has 1 saturated heterocycles. The highest BCUT2D eigenvalue weighted by Crippen LogP contribution is 2.24. The van der Waals surface area contributed by atoms with Crippen molar-refractivity contribution in [2.75, 3.05) is 26.2 Å². The summed E-state index contributed by atoms with van der Waals surface area (Å²) in [6.45, 7) is 11.9. The van der Waals surface area contributed by atoms with Crippen LogP contribution in [0.1, 0.15) is 48.1 Å². The van der Waals surface area contributed by atoms with Crippen molar-refractivity contribution >= 4 is 11.8 Å².